The lowest BCUT2D eigenvalue weighted by atomic mass is 10.0. The average Bonchev–Trinajstić information content (AvgIpc) is 2.82. The number of hydrogen-bond donors (Lipinski definition) is 1. The fraction of sp³-hybridized carbons (Fsp3) is 0.538. The summed E-state index contributed by atoms with van der Waals surface area (Å²) in [6.45, 7) is 5.15. The second-order valence-corrected chi connectivity index (χ2v) is 6.51. The van der Waals surface area contributed by atoms with Crippen molar-refractivity contribution in [3.63, 3.8) is 0 Å². The largest absolute Gasteiger partial charge is 0.279 e. The zero-order valence-electron chi connectivity index (χ0n) is 10.9. The smallest absolute Gasteiger partial charge is 0.195 e. The van der Waals surface area contributed by atoms with Gasteiger partial charge in [-0.15, -0.1) is 0 Å². The highest BCUT2D eigenvalue weighted by atomic mass is 32.2. The van der Waals surface area contributed by atoms with Crippen LogP contribution in [0.4, 0.5) is 0 Å². The summed E-state index contributed by atoms with van der Waals surface area (Å²) in [5.41, 5.74) is 2.13. The zero-order chi connectivity index (χ0) is 13.2. The molecular weight excluding hydrogens is 248 g/mol. The van der Waals surface area contributed by atoms with Gasteiger partial charge in [0.25, 0.3) is 10.2 Å². The van der Waals surface area contributed by atoms with Gasteiger partial charge in [0, 0.05) is 19.1 Å². The molecule has 100 valence electrons. The van der Waals surface area contributed by atoms with Gasteiger partial charge < -0.3 is 0 Å². The van der Waals surface area contributed by atoms with Crippen LogP contribution in [0.15, 0.2) is 24.3 Å². The van der Waals surface area contributed by atoms with Crippen molar-refractivity contribution >= 4 is 10.2 Å². The lowest BCUT2D eigenvalue weighted by Crippen LogP contribution is -2.40. The second kappa shape index (κ2) is 5.38. The van der Waals surface area contributed by atoms with Crippen molar-refractivity contribution in [2.45, 2.75) is 32.7 Å². The Bertz CT molecular complexity index is 507. The Labute approximate surface area is 109 Å². The van der Waals surface area contributed by atoms with E-state index < -0.39 is 10.2 Å². The van der Waals surface area contributed by atoms with Crippen molar-refractivity contribution in [2.75, 3.05) is 13.1 Å². The van der Waals surface area contributed by atoms with Crippen molar-refractivity contribution < 1.29 is 8.42 Å². The van der Waals surface area contributed by atoms with E-state index in [9.17, 15) is 8.42 Å². The van der Waals surface area contributed by atoms with Gasteiger partial charge in [-0.25, -0.2) is 0 Å². The van der Waals surface area contributed by atoms with E-state index in [0.29, 0.717) is 13.1 Å². The molecule has 0 amide bonds. The summed E-state index contributed by atoms with van der Waals surface area (Å²) in [6.07, 6.45) is 1.92. The van der Waals surface area contributed by atoms with Crippen molar-refractivity contribution in [1.29, 1.82) is 0 Å². The Balaban J connectivity index is 2.11. The molecule has 4 nitrogen and oxygen atoms in total. The van der Waals surface area contributed by atoms with Crippen molar-refractivity contribution in [2.24, 2.45) is 0 Å². The maximum atomic E-state index is 12.1. The Kier molecular flexibility index (Phi) is 4.04. The molecule has 1 aromatic rings. The molecule has 0 aromatic heterocycles. The Morgan fingerprint density at radius 1 is 1.22 bits per heavy atom. The summed E-state index contributed by atoms with van der Waals surface area (Å²) in [6, 6.07) is 7.66. The fourth-order valence-corrected chi connectivity index (χ4v) is 3.82. The standard InChI is InChI=1S/C13H20N2O2S/c1-11-7-3-4-8-13(11)12(2)14-18(16,17)15-9-5-6-10-15/h3-4,7-8,12,14H,5-6,9-10H2,1-2H3. The highest BCUT2D eigenvalue weighted by Gasteiger charge is 2.27. The highest BCUT2D eigenvalue weighted by molar-refractivity contribution is 7.87. The van der Waals surface area contributed by atoms with Gasteiger partial charge >= 0.3 is 0 Å². The number of nitrogens with one attached hydrogen (secondary N) is 1. The van der Waals surface area contributed by atoms with Gasteiger partial charge in [-0.2, -0.15) is 17.4 Å². The van der Waals surface area contributed by atoms with E-state index in [1.165, 1.54) is 4.31 Å². The molecule has 5 heteroatoms. The lowest BCUT2D eigenvalue weighted by molar-refractivity contribution is 0.457. The van der Waals surface area contributed by atoms with Crippen LogP contribution in [0.25, 0.3) is 0 Å². The first kappa shape index (κ1) is 13.5. The molecule has 0 bridgehead atoms. The number of hydrogen-bond acceptors (Lipinski definition) is 2. The monoisotopic (exact) mass is 268 g/mol. The van der Waals surface area contributed by atoms with Gasteiger partial charge in [-0.3, -0.25) is 0 Å². The predicted octanol–water partition coefficient (Wildman–Crippen LogP) is 1.99. The molecule has 1 heterocycles. The molecule has 1 unspecified atom stereocenters. The molecule has 1 N–H and O–H groups in total. The molecule has 18 heavy (non-hydrogen) atoms. The van der Waals surface area contributed by atoms with Crippen molar-refractivity contribution in [3.05, 3.63) is 35.4 Å². The molecule has 0 aliphatic carbocycles. The van der Waals surface area contributed by atoms with Gasteiger partial charge in [-0.1, -0.05) is 24.3 Å². The maximum Gasteiger partial charge on any atom is 0.279 e. The summed E-state index contributed by atoms with van der Waals surface area (Å²) in [5.74, 6) is 0. The summed E-state index contributed by atoms with van der Waals surface area (Å²) >= 11 is 0. The van der Waals surface area contributed by atoms with E-state index in [-0.39, 0.29) is 6.04 Å². The van der Waals surface area contributed by atoms with Crippen molar-refractivity contribution in [1.82, 2.24) is 9.03 Å². The number of rotatable bonds is 4. The van der Waals surface area contributed by atoms with Crippen LogP contribution in [0, 0.1) is 6.92 Å². The molecule has 0 spiro atoms. The summed E-state index contributed by atoms with van der Waals surface area (Å²) in [5, 5.41) is 0. The third kappa shape index (κ3) is 2.91. The Morgan fingerprint density at radius 3 is 2.44 bits per heavy atom. The minimum Gasteiger partial charge on any atom is -0.195 e. The minimum absolute atomic E-state index is 0.197. The van der Waals surface area contributed by atoms with E-state index in [1.807, 2.05) is 38.1 Å². The van der Waals surface area contributed by atoms with E-state index >= 15 is 0 Å². The third-order valence-electron chi connectivity index (χ3n) is 3.39. The van der Waals surface area contributed by atoms with E-state index in [1.54, 1.807) is 0 Å². The average molecular weight is 268 g/mol. The Hall–Kier alpha value is -0.910. The highest BCUT2D eigenvalue weighted by Crippen LogP contribution is 2.19. The molecule has 1 aliphatic rings. The first-order valence-electron chi connectivity index (χ1n) is 6.33. The number of benzene rings is 1. The van der Waals surface area contributed by atoms with Crippen LogP contribution in [0.3, 0.4) is 0 Å². The van der Waals surface area contributed by atoms with Crippen LogP contribution in [-0.4, -0.2) is 25.8 Å². The van der Waals surface area contributed by atoms with Gasteiger partial charge in [0.05, 0.1) is 0 Å². The zero-order valence-corrected chi connectivity index (χ0v) is 11.7. The van der Waals surface area contributed by atoms with Crippen LogP contribution < -0.4 is 4.72 Å². The first-order valence-corrected chi connectivity index (χ1v) is 7.77. The molecule has 1 fully saturated rings. The number of nitrogens with zero attached hydrogens (tertiary/aromatic N) is 1. The molecule has 2 rings (SSSR count). The predicted molar refractivity (Wildman–Crippen MR) is 72.5 cm³/mol. The second-order valence-electron chi connectivity index (χ2n) is 4.81. The molecule has 1 aliphatic heterocycles. The molecule has 1 aromatic carbocycles. The maximum absolute atomic E-state index is 12.1. The Morgan fingerprint density at radius 2 is 1.83 bits per heavy atom. The van der Waals surface area contributed by atoms with Gasteiger partial charge in [0.2, 0.25) is 0 Å². The van der Waals surface area contributed by atoms with Crippen LogP contribution in [0.5, 0.6) is 0 Å². The molecule has 1 atom stereocenters. The van der Waals surface area contributed by atoms with Gasteiger partial charge in [-0.05, 0) is 37.8 Å². The third-order valence-corrected chi connectivity index (χ3v) is 5.08. The van der Waals surface area contributed by atoms with E-state index in [2.05, 4.69) is 4.72 Å². The quantitative estimate of drug-likeness (QED) is 0.908. The van der Waals surface area contributed by atoms with Crippen LogP contribution in [0.2, 0.25) is 0 Å². The SMILES string of the molecule is Cc1ccccc1C(C)NS(=O)(=O)N1CCCC1. The van der Waals surface area contributed by atoms with Crippen LogP contribution in [0.1, 0.15) is 36.9 Å². The van der Waals surface area contributed by atoms with Gasteiger partial charge in [0.15, 0.2) is 0 Å². The number of aryl methyl sites for hydroxylation is 1. The minimum atomic E-state index is -3.34. The fourth-order valence-electron chi connectivity index (χ4n) is 2.36. The summed E-state index contributed by atoms with van der Waals surface area (Å²) < 4.78 is 28.6. The molecule has 0 saturated carbocycles. The first-order chi connectivity index (χ1) is 8.50. The summed E-state index contributed by atoms with van der Waals surface area (Å²) in [4.78, 5) is 0. The topological polar surface area (TPSA) is 49.4 Å². The summed E-state index contributed by atoms with van der Waals surface area (Å²) in [7, 11) is -3.34. The van der Waals surface area contributed by atoms with Crippen LogP contribution in [-0.2, 0) is 10.2 Å². The lowest BCUT2D eigenvalue weighted by Gasteiger charge is -2.21. The normalized spacial score (nSPS) is 19.0. The van der Waals surface area contributed by atoms with Crippen LogP contribution >= 0.6 is 0 Å². The molecule has 0 radical (unpaired) electrons. The molecular formula is C13H20N2O2S. The molecule has 1 saturated heterocycles. The van der Waals surface area contributed by atoms with E-state index in [4.69, 9.17) is 0 Å². The van der Waals surface area contributed by atoms with E-state index in [0.717, 1.165) is 24.0 Å². The van der Waals surface area contributed by atoms with Gasteiger partial charge in [0.1, 0.15) is 0 Å². The van der Waals surface area contributed by atoms with Crippen molar-refractivity contribution in [3.8, 4) is 0 Å².